The number of esters is 1. The van der Waals surface area contributed by atoms with Gasteiger partial charge in [-0.3, -0.25) is 10.1 Å². The van der Waals surface area contributed by atoms with Crippen molar-refractivity contribution in [3.63, 3.8) is 0 Å². The van der Waals surface area contributed by atoms with Gasteiger partial charge in [0.15, 0.2) is 6.61 Å². The van der Waals surface area contributed by atoms with E-state index in [1.165, 1.54) is 12.1 Å². The maximum atomic E-state index is 11.6. The Morgan fingerprint density at radius 1 is 1.25 bits per heavy atom. The van der Waals surface area contributed by atoms with Crippen molar-refractivity contribution in [3.05, 3.63) is 29.8 Å². The van der Waals surface area contributed by atoms with E-state index in [9.17, 15) is 19.5 Å². The number of amides is 3. The molecule has 1 aromatic rings. The van der Waals surface area contributed by atoms with E-state index in [-0.39, 0.29) is 17.4 Å². The molecular formula is C13H14N2O5. The van der Waals surface area contributed by atoms with E-state index in [1.54, 1.807) is 12.1 Å². The number of nitrogens with one attached hydrogen (secondary N) is 2. The summed E-state index contributed by atoms with van der Waals surface area (Å²) in [6.07, 6.45) is 1.81. The minimum atomic E-state index is -0.833. The van der Waals surface area contributed by atoms with Crippen LogP contribution in [-0.2, 0) is 9.53 Å². The van der Waals surface area contributed by atoms with Crippen LogP contribution in [0.2, 0.25) is 0 Å². The highest BCUT2D eigenvalue weighted by atomic mass is 16.5. The van der Waals surface area contributed by atoms with Gasteiger partial charge < -0.3 is 15.2 Å². The summed E-state index contributed by atoms with van der Waals surface area (Å²) in [5.74, 6) is -1.79. The third-order valence-electron chi connectivity index (χ3n) is 2.62. The van der Waals surface area contributed by atoms with Gasteiger partial charge >= 0.3 is 12.0 Å². The number of phenolic OH excluding ortho intramolecular Hbond substituents is 1. The van der Waals surface area contributed by atoms with Crippen LogP contribution in [-0.4, -0.2) is 35.7 Å². The molecule has 1 saturated carbocycles. The van der Waals surface area contributed by atoms with Crippen molar-refractivity contribution in [2.45, 2.75) is 18.9 Å². The van der Waals surface area contributed by atoms with Gasteiger partial charge in [-0.25, -0.2) is 9.59 Å². The standard InChI is InChI=1S/C13H14N2O5/c16-10-4-2-1-3-9(10)12(18)20-7-11(17)15-13(19)14-8-5-6-8/h1-4,8,16H,5-7H2,(H2,14,15,17,19). The van der Waals surface area contributed by atoms with E-state index in [1.807, 2.05) is 5.32 Å². The average Bonchev–Trinajstić information content (AvgIpc) is 3.20. The molecular weight excluding hydrogens is 264 g/mol. The minimum Gasteiger partial charge on any atom is -0.507 e. The predicted molar refractivity (Wildman–Crippen MR) is 68.1 cm³/mol. The molecule has 0 bridgehead atoms. The first kappa shape index (κ1) is 13.9. The molecule has 7 nitrogen and oxygen atoms in total. The zero-order chi connectivity index (χ0) is 14.5. The highest BCUT2D eigenvalue weighted by Gasteiger charge is 2.24. The second-order valence-corrected chi connectivity index (χ2v) is 4.39. The number of para-hydroxylation sites is 1. The average molecular weight is 278 g/mol. The van der Waals surface area contributed by atoms with E-state index >= 15 is 0 Å². The maximum Gasteiger partial charge on any atom is 0.342 e. The molecule has 20 heavy (non-hydrogen) atoms. The topological polar surface area (TPSA) is 105 Å². The van der Waals surface area contributed by atoms with Gasteiger partial charge in [0.1, 0.15) is 11.3 Å². The lowest BCUT2D eigenvalue weighted by molar-refractivity contribution is -0.123. The molecule has 3 amide bonds. The first-order valence-electron chi connectivity index (χ1n) is 6.11. The second-order valence-electron chi connectivity index (χ2n) is 4.39. The Morgan fingerprint density at radius 3 is 2.60 bits per heavy atom. The second kappa shape index (κ2) is 6.05. The van der Waals surface area contributed by atoms with E-state index < -0.39 is 24.5 Å². The van der Waals surface area contributed by atoms with Crippen LogP contribution in [0, 0.1) is 0 Å². The lowest BCUT2D eigenvalue weighted by atomic mass is 10.2. The van der Waals surface area contributed by atoms with Crippen LogP contribution in [0.15, 0.2) is 24.3 Å². The summed E-state index contributed by atoms with van der Waals surface area (Å²) >= 11 is 0. The number of hydrogen-bond acceptors (Lipinski definition) is 5. The number of benzene rings is 1. The molecule has 1 aliphatic carbocycles. The predicted octanol–water partition coefficient (Wildman–Crippen LogP) is 0.537. The van der Waals surface area contributed by atoms with Crippen LogP contribution >= 0.6 is 0 Å². The molecule has 3 N–H and O–H groups in total. The zero-order valence-corrected chi connectivity index (χ0v) is 10.6. The lowest BCUT2D eigenvalue weighted by Crippen LogP contribution is -2.42. The number of phenols is 1. The molecule has 0 spiro atoms. The van der Waals surface area contributed by atoms with Gasteiger partial charge in [-0.15, -0.1) is 0 Å². The van der Waals surface area contributed by atoms with E-state index in [0.29, 0.717) is 0 Å². The molecule has 7 heteroatoms. The van der Waals surface area contributed by atoms with Crippen molar-refractivity contribution in [3.8, 4) is 5.75 Å². The number of carbonyl (C=O) groups is 3. The van der Waals surface area contributed by atoms with E-state index in [0.717, 1.165) is 12.8 Å². The number of aromatic hydroxyl groups is 1. The van der Waals surface area contributed by atoms with Crippen molar-refractivity contribution in [1.82, 2.24) is 10.6 Å². The molecule has 106 valence electrons. The zero-order valence-electron chi connectivity index (χ0n) is 10.6. The van der Waals surface area contributed by atoms with Crippen LogP contribution in [0.3, 0.4) is 0 Å². The monoisotopic (exact) mass is 278 g/mol. The third-order valence-corrected chi connectivity index (χ3v) is 2.62. The van der Waals surface area contributed by atoms with Crippen molar-refractivity contribution >= 4 is 17.9 Å². The van der Waals surface area contributed by atoms with Crippen LogP contribution < -0.4 is 10.6 Å². The Balaban J connectivity index is 1.76. The summed E-state index contributed by atoms with van der Waals surface area (Å²) in [6.45, 7) is -0.592. The molecule has 0 aromatic heterocycles. The maximum absolute atomic E-state index is 11.6. The molecule has 1 fully saturated rings. The van der Waals surface area contributed by atoms with Crippen LogP contribution in [0.4, 0.5) is 4.79 Å². The van der Waals surface area contributed by atoms with Gasteiger partial charge in [0.2, 0.25) is 0 Å². The van der Waals surface area contributed by atoms with E-state index in [2.05, 4.69) is 5.32 Å². The number of carbonyl (C=O) groups excluding carboxylic acids is 3. The first-order chi connectivity index (χ1) is 9.56. The van der Waals surface area contributed by atoms with Crippen LogP contribution in [0.1, 0.15) is 23.2 Å². The van der Waals surface area contributed by atoms with Gasteiger partial charge in [-0.1, -0.05) is 12.1 Å². The Morgan fingerprint density at radius 2 is 1.95 bits per heavy atom. The van der Waals surface area contributed by atoms with Gasteiger partial charge in [-0.05, 0) is 25.0 Å². The normalized spacial score (nSPS) is 13.4. The Hall–Kier alpha value is -2.57. The number of urea groups is 1. The van der Waals surface area contributed by atoms with Crippen molar-refractivity contribution in [2.24, 2.45) is 0 Å². The largest absolute Gasteiger partial charge is 0.507 e. The minimum absolute atomic E-state index is 0.0391. The van der Waals surface area contributed by atoms with Gasteiger partial charge in [0.25, 0.3) is 5.91 Å². The summed E-state index contributed by atoms with van der Waals surface area (Å²) in [5.41, 5.74) is -0.0391. The molecule has 0 heterocycles. The Labute approximate surface area is 114 Å². The fourth-order valence-corrected chi connectivity index (χ4v) is 1.47. The molecule has 1 aliphatic rings. The fourth-order valence-electron chi connectivity index (χ4n) is 1.47. The number of ether oxygens (including phenoxy) is 1. The third kappa shape index (κ3) is 3.98. The highest BCUT2D eigenvalue weighted by Crippen LogP contribution is 2.18. The smallest absolute Gasteiger partial charge is 0.342 e. The molecule has 0 unspecified atom stereocenters. The number of hydrogen-bond donors (Lipinski definition) is 3. The summed E-state index contributed by atoms with van der Waals surface area (Å²) < 4.78 is 4.70. The van der Waals surface area contributed by atoms with Gasteiger partial charge in [0, 0.05) is 6.04 Å². The van der Waals surface area contributed by atoms with Crippen LogP contribution in [0.5, 0.6) is 5.75 Å². The Kier molecular flexibility index (Phi) is 4.19. The SMILES string of the molecule is O=C(COC(=O)c1ccccc1O)NC(=O)NC1CC1. The van der Waals surface area contributed by atoms with E-state index in [4.69, 9.17) is 4.74 Å². The van der Waals surface area contributed by atoms with Crippen molar-refractivity contribution < 1.29 is 24.2 Å². The van der Waals surface area contributed by atoms with Gasteiger partial charge in [-0.2, -0.15) is 0 Å². The highest BCUT2D eigenvalue weighted by molar-refractivity contribution is 5.97. The number of imide groups is 1. The Bertz CT molecular complexity index is 539. The fraction of sp³-hybridized carbons (Fsp3) is 0.308. The summed E-state index contributed by atoms with van der Waals surface area (Å²) in [6, 6.07) is 5.35. The summed E-state index contributed by atoms with van der Waals surface area (Å²) in [5, 5.41) is 14.0. The molecule has 0 atom stereocenters. The molecule has 0 aliphatic heterocycles. The quantitative estimate of drug-likeness (QED) is 0.697. The lowest BCUT2D eigenvalue weighted by Gasteiger charge is -2.07. The molecule has 2 rings (SSSR count). The van der Waals surface area contributed by atoms with Crippen molar-refractivity contribution in [2.75, 3.05) is 6.61 Å². The summed E-state index contributed by atoms with van der Waals surface area (Å²) in [7, 11) is 0. The first-order valence-corrected chi connectivity index (χ1v) is 6.11. The molecule has 1 aromatic carbocycles. The molecule has 0 saturated heterocycles. The van der Waals surface area contributed by atoms with Gasteiger partial charge in [0.05, 0.1) is 0 Å². The van der Waals surface area contributed by atoms with Crippen molar-refractivity contribution in [1.29, 1.82) is 0 Å². The summed E-state index contributed by atoms with van der Waals surface area (Å²) in [4.78, 5) is 34.2. The van der Waals surface area contributed by atoms with Crippen LogP contribution in [0.25, 0.3) is 0 Å². The number of rotatable bonds is 4. The molecule has 0 radical (unpaired) electrons.